The molecule has 0 spiro atoms. The summed E-state index contributed by atoms with van der Waals surface area (Å²) in [6.45, 7) is 0.596. The van der Waals surface area contributed by atoms with Crippen molar-refractivity contribution in [3.05, 3.63) is 78.4 Å². The molecule has 124 valence electrons. The van der Waals surface area contributed by atoms with Gasteiger partial charge >= 0.3 is 0 Å². The SMILES string of the molecule is COc1ccc2c(c1)c(O)nn2Cc1ccc(-c2ccccc2)cc1. The van der Waals surface area contributed by atoms with Crippen molar-refractivity contribution in [1.29, 1.82) is 0 Å². The van der Waals surface area contributed by atoms with Crippen molar-refractivity contribution in [3.63, 3.8) is 0 Å². The Kier molecular flexibility index (Phi) is 3.86. The van der Waals surface area contributed by atoms with E-state index < -0.39 is 0 Å². The van der Waals surface area contributed by atoms with Gasteiger partial charge in [0.2, 0.25) is 5.88 Å². The van der Waals surface area contributed by atoms with Crippen LogP contribution in [0.1, 0.15) is 5.56 Å². The maximum Gasteiger partial charge on any atom is 0.238 e. The quantitative estimate of drug-likeness (QED) is 0.601. The van der Waals surface area contributed by atoms with Crippen LogP contribution in [0.5, 0.6) is 11.6 Å². The normalized spacial score (nSPS) is 10.9. The van der Waals surface area contributed by atoms with Crippen LogP contribution in [-0.4, -0.2) is 22.0 Å². The van der Waals surface area contributed by atoms with E-state index in [0.29, 0.717) is 17.7 Å². The minimum atomic E-state index is 0.0230. The largest absolute Gasteiger partial charge is 0.497 e. The lowest BCUT2D eigenvalue weighted by atomic mass is 10.0. The molecule has 0 atom stereocenters. The molecule has 1 heterocycles. The zero-order chi connectivity index (χ0) is 17.2. The van der Waals surface area contributed by atoms with Crippen molar-refractivity contribution in [1.82, 2.24) is 9.78 Å². The summed E-state index contributed by atoms with van der Waals surface area (Å²) in [7, 11) is 1.61. The minimum Gasteiger partial charge on any atom is -0.497 e. The Morgan fingerprint density at radius 1 is 0.920 bits per heavy atom. The van der Waals surface area contributed by atoms with E-state index in [9.17, 15) is 5.11 Å². The molecule has 0 aliphatic rings. The number of nitrogens with zero attached hydrogens (tertiary/aromatic N) is 2. The van der Waals surface area contributed by atoms with E-state index in [4.69, 9.17) is 4.74 Å². The van der Waals surface area contributed by atoms with Gasteiger partial charge in [0.15, 0.2) is 0 Å². The second kappa shape index (κ2) is 6.32. The second-order valence-corrected chi connectivity index (χ2v) is 5.93. The standard InChI is InChI=1S/C21H18N2O2/c1-25-18-11-12-20-19(13-18)21(24)22-23(20)14-15-7-9-17(10-8-15)16-5-3-2-4-6-16/h2-13H,14H2,1H3,(H,22,24). The molecule has 4 nitrogen and oxygen atoms in total. The number of ether oxygens (including phenoxy) is 1. The number of hydrogen-bond acceptors (Lipinski definition) is 3. The Morgan fingerprint density at radius 3 is 2.36 bits per heavy atom. The van der Waals surface area contributed by atoms with Crippen molar-refractivity contribution in [2.45, 2.75) is 6.54 Å². The Balaban J connectivity index is 1.63. The fourth-order valence-corrected chi connectivity index (χ4v) is 3.00. The van der Waals surface area contributed by atoms with E-state index in [1.807, 2.05) is 35.0 Å². The van der Waals surface area contributed by atoms with Crippen molar-refractivity contribution in [3.8, 4) is 22.8 Å². The molecule has 4 aromatic rings. The van der Waals surface area contributed by atoms with Crippen LogP contribution in [0.2, 0.25) is 0 Å². The van der Waals surface area contributed by atoms with Crippen molar-refractivity contribution in [2.75, 3.05) is 7.11 Å². The molecule has 0 unspecified atom stereocenters. The molecular weight excluding hydrogens is 312 g/mol. The average molecular weight is 330 g/mol. The van der Waals surface area contributed by atoms with Crippen molar-refractivity contribution < 1.29 is 9.84 Å². The van der Waals surface area contributed by atoms with Gasteiger partial charge in [0, 0.05) is 0 Å². The smallest absolute Gasteiger partial charge is 0.238 e. The van der Waals surface area contributed by atoms with Gasteiger partial charge in [-0.1, -0.05) is 54.6 Å². The Labute approximate surface area is 145 Å². The molecule has 0 saturated carbocycles. The highest BCUT2D eigenvalue weighted by molar-refractivity contribution is 5.85. The first kappa shape index (κ1) is 15.3. The maximum atomic E-state index is 10.1. The van der Waals surface area contributed by atoms with Gasteiger partial charge in [-0.2, -0.15) is 0 Å². The highest BCUT2D eigenvalue weighted by Crippen LogP contribution is 2.28. The van der Waals surface area contributed by atoms with Crippen molar-refractivity contribution in [2.24, 2.45) is 0 Å². The third-order valence-corrected chi connectivity index (χ3v) is 4.33. The fraction of sp³-hybridized carbons (Fsp3) is 0.0952. The molecule has 1 N–H and O–H groups in total. The van der Waals surface area contributed by atoms with E-state index >= 15 is 0 Å². The van der Waals surface area contributed by atoms with Crippen LogP contribution in [-0.2, 0) is 6.54 Å². The van der Waals surface area contributed by atoms with E-state index in [2.05, 4.69) is 41.5 Å². The highest BCUT2D eigenvalue weighted by atomic mass is 16.5. The molecule has 0 saturated heterocycles. The summed E-state index contributed by atoms with van der Waals surface area (Å²) in [5.41, 5.74) is 4.39. The lowest BCUT2D eigenvalue weighted by molar-refractivity contribution is 0.415. The topological polar surface area (TPSA) is 47.3 Å². The van der Waals surface area contributed by atoms with Gasteiger partial charge in [-0.05, 0) is 34.9 Å². The lowest BCUT2D eigenvalue weighted by Gasteiger charge is -2.06. The molecule has 3 aromatic carbocycles. The first-order valence-corrected chi connectivity index (χ1v) is 8.12. The Morgan fingerprint density at radius 2 is 1.64 bits per heavy atom. The number of methoxy groups -OCH3 is 1. The molecule has 0 radical (unpaired) electrons. The highest BCUT2D eigenvalue weighted by Gasteiger charge is 2.11. The Hall–Kier alpha value is -3.27. The molecule has 4 rings (SSSR count). The summed E-state index contributed by atoms with van der Waals surface area (Å²) >= 11 is 0. The minimum absolute atomic E-state index is 0.0230. The summed E-state index contributed by atoms with van der Waals surface area (Å²) in [6, 6.07) is 24.3. The van der Waals surface area contributed by atoms with Gasteiger partial charge in [-0.15, -0.1) is 5.10 Å². The Bertz CT molecular complexity index is 1010. The van der Waals surface area contributed by atoms with E-state index in [-0.39, 0.29) is 5.88 Å². The number of aromatic hydroxyl groups is 1. The molecule has 0 aliphatic heterocycles. The fourth-order valence-electron chi connectivity index (χ4n) is 3.00. The van der Waals surface area contributed by atoms with Gasteiger partial charge in [-0.3, -0.25) is 4.68 Å². The van der Waals surface area contributed by atoms with Gasteiger partial charge in [0.25, 0.3) is 0 Å². The summed E-state index contributed by atoms with van der Waals surface area (Å²) in [6.07, 6.45) is 0. The van der Waals surface area contributed by atoms with Crippen LogP contribution < -0.4 is 4.74 Å². The van der Waals surface area contributed by atoms with Crippen molar-refractivity contribution >= 4 is 10.9 Å². The number of rotatable bonds is 4. The van der Waals surface area contributed by atoms with Crippen LogP contribution in [0.4, 0.5) is 0 Å². The molecule has 1 aromatic heterocycles. The summed E-state index contributed by atoms with van der Waals surface area (Å²) in [5, 5.41) is 15.0. The predicted molar refractivity (Wildman–Crippen MR) is 98.9 cm³/mol. The maximum absolute atomic E-state index is 10.1. The first-order chi connectivity index (χ1) is 12.2. The van der Waals surface area contributed by atoms with Gasteiger partial charge in [0.05, 0.1) is 24.6 Å². The van der Waals surface area contributed by atoms with E-state index in [1.165, 1.54) is 11.1 Å². The molecule has 0 fully saturated rings. The van der Waals surface area contributed by atoms with Gasteiger partial charge < -0.3 is 9.84 Å². The first-order valence-electron chi connectivity index (χ1n) is 8.12. The number of fused-ring (bicyclic) bond motifs is 1. The van der Waals surface area contributed by atoms with Gasteiger partial charge in [0.1, 0.15) is 5.75 Å². The zero-order valence-electron chi connectivity index (χ0n) is 13.9. The molecule has 4 heteroatoms. The molecule has 0 bridgehead atoms. The second-order valence-electron chi connectivity index (χ2n) is 5.93. The number of aromatic nitrogens is 2. The summed E-state index contributed by atoms with van der Waals surface area (Å²) in [4.78, 5) is 0. The summed E-state index contributed by atoms with van der Waals surface area (Å²) in [5.74, 6) is 0.726. The lowest BCUT2D eigenvalue weighted by Crippen LogP contribution is -2.01. The van der Waals surface area contributed by atoms with Crippen LogP contribution >= 0.6 is 0 Å². The van der Waals surface area contributed by atoms with Crippen LogP contribution in [0, 0.1) is 0 Å². The van der Waals surface area contributed by atoms with Crippen LogP contribution in [0.15, 0.2) is 72.8 Å². The van der Waals surface area contributed by atoms with Crippen LogP contribution in [0.25, 0.3) is 22.0 Å². The molecule has 0 amide bonds. The van der Waals surface area contributed by atoms with Gasteiger partial charge in [-0.25, -0.2) is 0 Å². The predicted octanol–water partition coefficient (Wildman–Crippen LogP) is 4.47. The molecular formula is C21H18N2O2. The van der Waals surface area contributed by atoms with Crippen LogP contribution in [0.3, 0.4) is 0 Å². The third-order valence-electron chi connectivity index (χ3n) is 4.33. The summed E-state index contributed by atoms with van der Waals surface area (Å²) < 4.78 is 7.02. The van der Waals surface area contributed by atoms with E-state index in [1.54, 1.807) is 13.2 Å². The van der Waals surface area contributed by atoms with E-state index in [0.717, 1.165) is 11.1 Å². The zero-order valence-corrected chi connectivity index (χ0v) is 13.9. The number of hydrogen-bond donors (Lipinski definition) is 1. The molecule has 25 heavy (non-hydrogen) atoms. The monoisotopic (exact) mass is 330 g/mol. The number of benzene rings is 3. The third kappa shape index (κ3) is 2.94. The average Bonchev–Trinajstić information content (AvgIpc) is 2.98. The molecule has 0 aliphatic carbocycles.